The van der Waals surface area contributed by atoms with E-state index in [-0.39, 0.29) is 17.2 Å². The number of aromatic nitrogens is 1. The number of hydrogen-bond donors (Lipinski definition) is 0. The van der Waals surface area contributed by atoms with Crippen LogP contribution in [0, 0.1) is 5.41 Å². The van der Waals surface area contributed by atoms with Crippen molar-refractivity contribution in [3.63, 3.8) is 0 Å². The average molecular weight is 355 g/mol. The van der Waals surface area contributed by atoms with Gasteiger partial charge in [0.25, 0.3) is 0 Å². The maximum absolute atomic E-state index is 12.5. The SMILES string of the molecule is CC(C)=CCN1CC2(CCN(C(=O)CCc3ccncc3)CC2)CC1=O. The summed E-state index contributed by atoms with van der Waals surface area (Å²) >= 11 is 0. The van der Waals surface area contributed by atoms with Crippen LogP contribution in [-0.4, -0.2) is 52.8 Å². The summed E-state index contributed by atoms with van der Waals surface area (Å²) in [6.45, 7) is 7.24. The molecule has 0 atom stereocenters. The lowest BCUT2D eigenvalue weighted by Crippen LogP contribution is -2.44. The first-order valence-electron chi connectivity index (χ1n) is 9.55. The van der Waals surface area contributed by atoms with Crippen molar-refractivity contribution < 1.29 is 9.59 Å². The highest BCUT2D eigenvalue weighted by Crippen LogP contribution is 2.41. The molecule has 0 unspecified atom stereocenters. The number of aryl methyl sites for hydroxylation is 1. The van der Waals surface area contributed by atoms with E-state index in [0.29, 0.717) is 12.8 Å². The molecule has 2 amide bonds. The highest BCUT2D eigenvalue weighted by Gasteiger charge is 2.44. The molecule has 0 radical (unpaired) electrons. The zero-order chi connectivity index (χ0) is 18.6. The molecule has 26 heavy (non-hydrogen) atoms. The van der Waals surface area contributed by atoms with Crippen molar-refractivity contribution in [2.75, 3.05) is 26.2 Å². The van der Waals surface area contributed by atoms with Gasteiger partial charge in [0.05, 0.1) is 0 Å². The van der Waals surface area contributed by atoms with Gasteiger partial charge in [0.15, 0.2) is 0 Å². The van der Waals surface area contributed by atoms with Crippen LogP contribution in [0.4, 0.5) is 0 Å². The van der Waals surface area contributed by atoms with Gasteiger partial charge < -0.3 is 9.80 Å². The van der Waals surface area contributed by atoms with Crippen molar-refractivity contribution in [1.82, 2.24) is 14.8 Å². The largest absolute Gasteiger partial charge is 0.343 e. The summed E-state index contributed by atoms with van der Waals surface area (Å²) in [6.07, 6.45) is 9.47. The summed E-state index contributed by atoms with van der Waals surface area (Å²) in [7, 11) is 0. The Morgan fingerprint density at radius 3 is 2.58 bits per heavy atom. The second-order valence-corrected chi connectivity index (χ2v) is 7.97. The topological polar surface area (TPSA) is 53.5 Å². The van der Waals surface area contributed by atoms with Crippen LogP contribution in [0.1, 0.15) is 45.1 Å². The number of rotatable bonds is 5. The van der Waals surface area contributed by atoms with Gasteiger partial charge in [-0.2, -0.15) is 0 Å². The molecular weight excluding hydrogens is 326 g/mol. The summed E-state index contributed by atoms with van der Waals surface area (Å²) in [4.78, 5) is 32.8. The minimum atomic E-state index is 0.0778. The molecular formula is C21H29N3O2. The number of likely N-dealkylation sites (tertiary alicyclic amines) is 2. The van der Waals surface area contributed by atoms with Crippen LogP contribution in [0.15, 0.2) is 36.2 Å². The summed E-state index contributed by atoms with van der Waals surface area (Å²) in [6, 6.07) is 3.92. The van der Waals surface area contributed by atoms with E-state index in [1.54, 1.807) is 12.4 Å². The first-order chi connectivity index (χ1) is 12.5. The van der Waals surface area contributed by atoms with E-state index in [4.69, 9.17) is 0 Å². The van der Waals surface area contributed by atoms with Gasteiger partial charge in [-0.3, -0.25) is 14.6 Å². The zero-order valence-electron chi connectivity index (χ0n) is 15.9. The second-order valence-electron chi connectivity index (χ2n) is 7.97. The van der Waals surface area contributed by atoms with E-state index in [1.165, 1.54) is 5.57 Å². The Morgan fingerprint density at radius 1 is 1.23 bits per heavy atom. The molecule has 3 heterocycles. The highest BCUT2D eigenvalue weighted by atomic mass is 16.2. The molecule has 0 aromatic carbocycles. The quantitative estimate of drug-likeness (QED) is 0.763. The number of nitrogens with zero attached hydrogens (tertiary/aromatic N) is 3. The van der Waals surface area contributed by atoms with E-state index in [1.807, 2.05) is 21.9 Å². The Labute approximate surface area is 156 Å². The standard InChI is InChI=1S/C21H29N3O2/c1-17(2)7-12-24-16-21(15-20(24)26)8-13-23(14-9-21)19(25)4-3-18-5-10-22-11-6-18/h5-7,10-11H,3-4,8-9,12-16H2,1-2H3. The summed E-state index contributed by atoms with van der Waals surface area (Å²) in [5.74, 6) is 0.488. The zero-order valence-corrected chi connectivity index (χ0v) is 15.9. The van der Waals surface area contributed by atoms with E-state index >= 15 is 0 Å². The number of carbonyl (C=O) groups excluding carboxylic acids is 2. The normalized spacial score (nSPS) is 19.1. The number of pyridine rings is 1. The Kier molecular flexibility index (Phi) is 5.74. The van der Waals surface area contributed by atoms with Gasteiger partial charge in [0.2, 0.25) is 11.8 Å². The summed E-state index contributed by atoms with van der Waals surface area (Å²) in [5, 5.41) is 0. The molecule has 0 bridgehead atoms. The maximum Gasteiger partial charge on any atom is 0.223 e. The van der Waals surface area contributed by atoms with E-state index in [2.05, 4.69) is 24.9 Å². The van der Waals surface area contributed by atoms with Crippen LogP contribution in [0.5, 0.6) is 0 Å². The molecule has 2 aliphatic heterocycles. The monoisotopic (exact) mass is 355 g/mol. The van der Waals surface area contributed by atoms with Crippen LogP contribution >= 0.6 is 0 Å². The average Bonchev–Trinajstić information content (AvgIpc) is 2.94. The second kappa shape index (κ2) is 8.02. The minimum absolute atomic E-state index is 0.0778. The predicted molar refractivity (Wildman–Crippen MR) is 101 cm³/mol. The smallest absolute Gasteiger partial charge is 0.223 e. The first kappa shape index (κ1) is 18.6. The van der Waals surface area contributed by atoms with Crippen molar-refractivity contribution in [2.24, 2.45) is 5.41 Å². The van der Waals surface area contributed by atoms with Gasteiger partial charge >= 0.3 is 0 Å². The van der Waals surface area contributed by atoms with Crippen molar-refractivity contribution in [3.05, 3.63) is 41.7 Å². The molecule has 140 valence electrons. The van der Waals surface area contributed by atoms with Crippen LogP contribution in [0.25, 0.3) is 0 Å². The Hall–Kier alpha value is -2.17. The summed E-state index contributed by atoms with van der Waals surface area (Å²) in [5.41, 5.74) is 2.47. The fourth-order valence-corrected chi connectivity index (χ4v) is 3.96. The molecule has 0 aliphatic carbocycles. The summed E-state index contributed by atoms with van der Waals surface area (Å²) < 4.78 is 0. The maximum atomic E-state index is 12.5. The van der Waals surface area contributed by atoms with Crippen LogP contribution in [-0.2, 0) is 16.0 Å². The number of piperidine rings is 1. The third-order valence-corrected chi connectivity index (χ3v) is 5.68. The van der Waals surface area contributed by atoms with Gasteiger partial charge in [-0.25, -0.2) is 0 Å². The van der Waals surface area contributed by atoms with Gasteiger partial charge in [-0.05, 0) is 50.8 Å². The van der Waals surface area contributed by atoms with E-state index in [0.717, 1.165) is 51.0 Å². The molecule has 2 fully saturated rings. The number of carbonyl (C=O) groups is 2. The lowest BCUT2D eigenvalue weighted by molar-refractivity contribution is -0.133. The lowest BCUT2D eigenvalue weighted by Gasteiger charge is -2.38. The van der Waals surface area contributed by atoms with Crippen molar-refractivity contribution in [1.29, 1.82) is 0 Å². The molecule has 5 nitrogen and oxygen atoms in total. The van der Waals surface area contributed by atoms with Gasteiger partial charge in [0.1, 0.15) is 0 Å². The van der Waals surface area contributed by atoms with Gasteiger partial charge in [0, 0.05) is 56.8 Å². The number of hydrogen-bond acceptors (Lipinski definition) is 3. The fraction of sp³-hybridized carbons (Fsp3) is 0.571. The number of allylic oxidation sites excluding steroid dienone is 1. The molecule has 2 aliphatic rings. The predicted octanol–water partition coefficient (Wildman–Crippen LogP) is 2.82. The molecule has 3 rings (SSSR count). The molecule has 1 aromatic heterocycles. The van der Waals surface area contributed by atoms with E-state index < -0.39 is 0 Å². The highest BCUT2D eigenvalue weighted by molar-refractivity contribution is 5.80. The third kappa shape index (κ3) is 4.51. The van der Waals surface area contributed by atoms with Crippen LogP contribution < -0.4 is 0 Å². The first-order valence-corrected chi connectivity index (χ1v) is 9.55. The van der Waals surface area contributed by atoms with E-state index in [9.17, 15) is 9.59 Å². The Bertz CT molecular complexity index is 672. The van der Waals surface area contributed by atoms with Crippen molar-refractivity contribution in [3.8, 4) is 0 Å². The van der Waals surface area contributed by atoms with Crippen molar-refractivity contribution >= 4 is 11.8 Å². The molecule has 2 saturated heterocycles. The molecule has 0 N–H and O–H groups in total. The van der Waals surface area contributed by atoms with Crippen molar-refractivity contribution in [2.45, 2.75) is 46.0 Å². The molecule has 1 spiro atoms. The van der Waals surface area contributed by atoms with Crippen LogP contribution in [0.3, 0.4) is 0 Å². The lowest BCUT2D eigenvalue weighted by atomic mass is 9.77. The van der Waals surface area contributed by atoms with Crippen LogP contribution in [0.2, 0.25) is 0 Å². The third-order valence-electron chi connectivity index (χ3n) is 5.68. The Morgan fingerprint density at radius 2 is 1.92 bits per heavy atom. The Balaban J connectivity index is 1.48. The fourth-order valence-electron chi connectivity index (χ4n) is 3.96. The van der Waals surface area contributed by atoms with Gasteiger partial charge in [-0.15, -0.1) is 0 Å². The molecule has 0 saturated carbocycles. The van der Waals surface area contributed by atoms with Gasteiger partial charge in [-0.1, -0.05) is 11.6 Å². The number of amides is 2. The minimum Gasteiger partial charge on any atom is -0.343 e. The molecule has 5 heteroatoms. The molecule has 1 aromatic rings.